The summed E-state index contributed by atoms with van der Waals surface area (Å²) in [7, 11) is 1.74. The number of carbonyl (C=O) groups is 1. The number of aliphatic imine (C=N–C) groups is 1. The van der Waals surface area contributed by atoms with E-state index in [2.05, 4.69) is 20.9 Å². The van der Waals surface area contributed by atoms with E-state index in [1.807, 2.05) is 55.5 Å². The molecule has 2 rings (SSSR count). The normalized spacial score (nSPS) is 10.8. The third-order valence-electron chi connectivity index (χ3n) is 4.03. The second-order valence-corrected chi connectivity index (χ2v) is 6.62. The lowest BCUT2D eigenvalue weighted by molar-refractivity contribution is 0.0953. The predicted molar refractivity (Wildman–Crippen MR) is 128 cm³/mol. The highest BCUT2D eigenvalue weighted by Crippen LogP contribution is 2.09. The first-order valence-corrected chi connectivity index (χ1v) is 9.56. The van der Waals surface area contributed by atoms with Crippen LogP contribution in [0.3, 0.4) is 0 Å². The summed E-state index contributed by atoms with van der Waals surface area (Å²) < 4.78 is 0. The number of rotatable bonds is 8. The zero-order valence-corrected chi connectivity index (χ0v) is 19.4. The molecule has 0 aromatic heterocycles. The third-order valence-corrected chi connectivity index (χ3v) is 4.28. The molecule has 0 fully saturated rings. The van der Waals surface area contributed by atoms with Gasteiger partial charge in [-0.1, -0.05) is 42.8 Å². The summed E-state index contributed by atoms with van der Waals surface area (Å²) >= 11 is 5.90. The quantitative estimate of drug-likeness (QED) is 0.283. The summed E-state index contributed by atoms with van der Waals surface area (Å²) in [6.07, 6.45) is 1.80. The summed E-state index contributed by atoms with van der Waals surface area (Å²) in [5, 5.41) is 10.2. The van der Waals surface area contributed by atoms with Crippen LogP contribution in [0.5, 0.6) is 0 Å². The number of benzene rings is 2. The number of hydrogen-bond donors (Lipinski definition) is 3. The Bertz CT molecular complexity index is 765. The van der Waals surface area contributed by atoms with Gasteiger partial charge in [0.25, 0.3) is 5.91 Å². The fourth-order valence-corrected chi connectivity index (χ4v) is 2.67. The van der Waals surface area contributed by atoms with Crippen LogP contribution in [-0.2, 0) is 13.0 Å². The molecule has 0 radical (unpaired) electrons. The highest BCUT2D eigenvalue weighted by Gasteiger charge is 2.06. The molecule has 0 saturated carbocycles. The maximum Gasteiger partial charge on any atom is 0.251 e. The molecule has 0 heterocycles. The van der Waals surface area contributed by atoms with Crippen molar-refractivity contribution >= 4 is 47.4 Å². The first-order chi connectivity index (χ1) is 13.1. The van der Waals surface area contributed by atoms with Crippen molar-refractivity contribution in [2.45, 2.75) is 26.3 Å². The molecule has 2 aromatic rings. The van der Waals surface area contributed by atoms with E-state index in [0.717, 1.165) is 35.9 Å². The van der Waals surface area contributed by atoms with Gasteiger partial charge in [0.1, 0.15) is 0 Å². The second kappa shape index (κ2) is 13.4. The van der Waals surface area contributed by atoms with Gasteiger partial charge >= 0.3 is 0 Å². The van der Waals surface area contributed by atoms with Crippen LogP contribution in [0, 0.1) is 0 Å². The highest BCUT2D eigenvalue weighted by molar-refractivity contribution is 14.0. The van der Waals surface area contributed by atoms with E-state index < -0.39 is 0 Å². The first kappa shape index (κ1) is 24.2. The lowest BCUT2D eigenvalue weighted by atomic mass is 10.1. The molecule has 7 heteroatoms. The molecule has 28 heavy (non-hydrogen) atoms. The number of nitrogens with zero attached hydrogens (tertiary/aromatic N) is 1. The SMILES string of the molecule is CCCNC(=O)c1cccc(CNC(=NC)NCCc2ccc(Cl)cc2)c1.I. The molecule has 152 valence electrons. The van der Waals surface area contributed by atoms with Crippen LogP contribution in [0.15, 0.2) is 53.5 Å². The van der Waals surface area contributed by atoms with Gasteiger partial charge in [-0.25, -0.2) is 0 Å². The number of amides is 1. The smallest absolute Gasteiger partial charge is 0.251 e. The summed E-state index contributed by atoms with van der Waals surface area (Å²) in [6, 6.07) is 15.5. The van der Waals surface area contributed by atoms with Crippen molar-refractivity contribution in [2.75, 3.05) is 20.1 Å². The second-order valence-electron chi connectivity index (χ2n) is 6.19. The Kier molecular flexibility index (Phi) is 11.6. The first-order valence-electron chi connectivity index (χ1n) is 9.18. The van der Waals surface area contributed by atoms with Crippen molar-refractivity contribution in [3.63, 3.8) is 0 Å². The average molecular weight is 515 g/mol. The van der Waals surface area contributed by atoms with Gasteiger partial charge in [0.2, 0.25) is 0 Å². The minimum absolute atomic E-state index is 0. The maximum atomic E-state index is 12.1. The highest BCUT2D eigenvalue weighted by atomic mass is 127. The van der Waals surface area contributed by atoms with Crippen molar-refractivity contribution in [3.8, 4) is 0 Å². The minimum Gasteiger partial charge on any atom is -0.356 e. The molecular formula is C21H28ClIN4O. The maximum absolute atomic E-state index is 12.1. The van der Waals surface area contributed by atoms with Gasteiger partial charge in [-0.05, 0) is 48.2 Å². The Morgan fingerprint density at radius 1 is 1.00 bits per heavy atom. The Balaban J connectivity index is 0.00000392. The topological polar surface area (TPSA) is 65.5 Å². The average Bonchev–Trinajstić information content (AvgIpc) is 2.70. The fourth-order valence-electron chi connectivity index (χ4n) is 2.55. The molecule has 0 saturated heterocycles. The molecule has 1 amide bonds. The van der Waals surface area contributed by atoms with E-state index >= 15 is 0 Å². The van der Waals surface area contributed by atoms with Gasteiger partial charge in [-0.2, -0.15) is 0 Å². The Labute approximate surface area is 189 Å². The van der Waals surface area contributed by atoms with E-state index in [9.17, 15) is 4.79 Å². The van der Waals surface area contributed by atoms with E-state index in [4.69, 9.17) is 11.6 Å². The predicted octanol–water partition coefficient (Wildman–Crippen LogP) is 4.01. The molecule has 0 unspecified atom stereocenters. The number of carbonyl (C=O) groups excluding carboxylic acids is 1. The van der Waals surface area contributed by atoms with Crippen molar-refractivity contribution in [2.24, 2.45) is 4.99 Å². The van der Waals surface area contributed by atoms with Gasteiger partial charge < -0.3 is 16.0 Å². The molecule has 0 spiro atoms. The van der Waals surface area contributed by atoms with E-state index in [0.29, 0.717) is 18.7 Å². The molecule has 0 aliphatic carbocycles. The molecule has 2 aromatic carbocycles. The molecule has 0 aliphatic heterocycles. The lowest BCUT2D eigenvalue weighted by Crippen LogP contribution is -2.37. The Morgan fingerprint density at radius 2 is 1.75 bits per heavy atom. The van der Waals surface area contributed by atoms with E-state index in [1.165, 1.54) is 5.56 Å². The molecule has 0 aliphatic rings. The van der Waals surface area contributed by atoms with Crippen molar-refractivity contribution < 1.29 is 4.79 Å². The summed E-state index contributed by atoms with van der Waals surface area (Å²) in [4.78, 5) is 16.3. The van der Waals surface area contributed by atoms with Crippen LogP contribution in [0.2, 0.25) is 5.02 Å². The van der Waals surface area contributed by atoms with Crippen LogP contribution >= 0.6 is 35.6 Å². The van der Waals surface area contributed by atoms with Crippen molar-refractivity contribution in [3.05, 3.63) is 70.2 Å². The van der Waals surface area contributed by atoms with Gasteiger partial charge in [-0.15, -0.1) is 24.0 Å². The van der Waals surface area contributed by atoms with Gasteiger partial charge in [0.05, 0.1) is 0 Å². The zero-order valence-electron chi connectivity index (χ0n) is 16.3. The molecular weight excluding hydrogens is 487 g/mol. The monoisotopic (exact) mass is 514 g/mol. The molecule has 0 bridgehead atoms. The molecule has 3 N–H and O–H groups in total. The summed E-state index contributed by atoms with van der Waals surface area (Å²) in [6.45, 7) is 4.08. The van der Waals surface area contributed by atoms with E-state index in [-0.39, 0.29) is 29.9 Å². The van der Waals surface area contributed by atoms with Crippen LogP contribution in [0.1, 0.15) is 34.8 Å². The van der Waals surface area contributed by atoms with Crippen LogP contribution < -0.4 is 16.0 Å². The zero-order chi connectivity index (χ0) is 19.5. The Hall–Kier alpha value is -1.80. The summed E-state index contributed by atoms with van der Waals surface area (Å²) in [5.41, 5.74) is 2.92. The van der Waals surface area contributed by atoms with E-state index in [1.54, 1.807) is 7.05 Å². The summed E-state index contributed by atoms with van der Waals surface area (Å²) in [5.74, 6) is 0.689. The van der Waals surface area contributed by atoms with Gasteiger partial charge in [0, 0.05) is 37.3 Å². The number of halogens is 2. The van der Waals surface area contributed by atoms with Crippen LogP contribution in [0.4, 0.5) is 0 Å². The van der Waals surface area contributed by atoms with Crippen molar-refractivity contribution in [1.82, 2.24) is 16.0 Å². The Morgan fingerprint density at radius 3 is 2.43 bits per heavy atom. The number of hydrogen-bond acceptors (Lipinski definition) is 2. The minimum atomic E-state index is -0.0378. The van der Waals surface area contributed by atoms with Crippen molar-refractivity contribution in [1.29, 1.82) is 0 Å². The van der Waals surface area contributed by atoms with Crippen LogP contribution in [0.25, 0.3) is 0 Å². The largest absolute Gasteiger partial charge is 0.356 e. The number of guanidine groups is 1. The number of nitrogens with one attached hydrogen (secondary N) is 3. The molecule has 0 atom stereocenters. The van der Waals surface area contributed by atoms with Gasteiger partial charge in [0.15, 0.2) is 5.96 Å². The van der Waals surface area contributed by atoms with Gasteiger partial charge in [-0.3, -0.25) is 9.79 Å². The third kappa shape index (κ3) is 8.48. The molecule has 5 nitrogen and oxygen atoms in total. The van der Waals surface area contributed by atoms with Crippen LogP contribution in [-0.4, -0.2) is 32.0 Å². The lowest BCUT2D eigenvalue weighted by Gasteiger charge is -2.12. The standard InChI is InChI=1S/C21H27ClN4O.HI/c1-3-12-24-20(27)18-6-4-5-17(14-18)15-26-21(23-2)25-13-11-16-7-9-19(22)10-8-16;/h4-10,14H,3,11-13,15H2,1-2H3,(H,24,27)(H2,23,25,26);1H. The fraction of sp³-hybridized carbons (Fsp3) is 0.333.